The van der Waals surface area contributed by atoms with E-state index in [1.54, 1.807) is 6.21 Å². The highest BCUT2D eigenvalue weighted by molar-refractivity contribution is 6.26. The van der Waals surface area contributed by atoms with Gasteiger partial charge in [0.1, 0.15) is 0 Å². The number of hydrazone groups is 1. The maximum atomic E-state index is 13.4. The Balaban J connectivity index is 1.41. The first-order valence-electron chi connectivity index (χ1n) is 11.1. The Kier molecular flexibility index (Phi) is 3.65. The molecule has 0 unspecified atom stereocenters. The van der Waals surface area contributed by atoms with Gasteiger partial charge in [0.05, 0.1) is 17.3 Å². The van der Waals surface area contributed by atoms with Crippen LogP contribution in [0.1, 0.15) is 37.4 Å². The first kappa shape index (κ1) is 18.3. The normalized spacial score (nSPS) is 15.0. The molecule has 5 aromatic carbocycles. The van der Waals surface area contributed by atoms with Crippen LogP contribution in [0.5, 0.6) is 0 Å². The summed E-state index contributed by atoms with van der Waals surface area (Å²) in [6, 6.07) is 26.1. The monoisotopic (exact) mass is 426 g/mol. The van der Waals surface area contributed by atoms with Crippen LogP contribution in [0.4, 0.5) is 0 Å². The number of fused-ring (bicyclic) bond motifs is 2. The predicted octanol–water partition coefficient (Wildman–Crippen LogP) is 5.87. The van der Waals surface area contributed by atoms with Crippen LogP contribution in [-0.4, -0.2) is 23.0 Å². The summed E-state index contributed by atoms with van der Waals surface area (Å²) in [4.78, 5) is 26.8. The van der Waals surface area contributed by atoms with Gasteiger partial charge in [0.15, 0.2) is 0 Å². The van der Waals surface area contributed by atoms with Crippen molar-refractivity contribution in [3.05, 3.63) is 107 Å². The van der Waals surface area contributed by atoms with Crippen molar-refractivity contribution in [3.8, 4) is 0 Å². The molecule has 1 aliphatic heterocycles. The molecule has 2 amide bonds. The highest BCUT2D eigenvalue weighted by Crippen LogP contribution is 2.38. The minimum atomic E-state index is -0.371. The van der Waals surface area contributed by atoms with E-state index in [0.717, 1.165) is 55.7 Å². The molecule has 1 aliphatic carbocycles. The molecule has 1 heterocycles. The van der Waals surface area contributed by atoms with Crippen molar-refractivity contribution in [2.24, 2.45) is 5.10 Å². The van der Waals surface area contributed by atoms with Crippen LogP contribution >= 0.6 is 0 Å². The summed E-state index contributed by atoms with van der Waals surface area (Å²) in [5.74, 6) is -0.743. The highest BCUT2D eigenvalue weighted by Gasteiger charge is 2.35. The quantitative estimate of drug-likeness (QED) is 0.201. The molecule has 0 fully saturated rings. The van der Waals surface area contributed by atoms with Crippen LogP contribution < -0.4 is 0 Å². The zero-order valence-electron chi connectivity index (χ0n) is 17.7. The number of hydrogen-bond acceptors (Lipinski definition) is 3. The van der Waals surface area contributed by atoms with Crippen LogP contribution in [0.3, 0.4) is 0 Å². The molecule has 33 heavy (non-hydrogen) atoms. The Morgan fingerprint density at radius 3 is 1.79 bits per heavy atom. The number of nitrogens with zero attached hydrogens (tertiary/aromatic N) is 2. The third-order valence-corrected chi connectivity index (χ3v) is 6.96. The van der Waals surface area contributed by atoms with E-state index in [0.29, 0.717) is 11.1 Å². The molecular weight excluding hydrogens is 408 g/mol. The van der Waals surface area contributed by atoms with E-state index < -0.39 is 0 Å². The Morgan fingerprint density at radius 1 is 0.667 bits per heavy atom. The number of rotatable bonds is 2. The van der Waals surface area contributed by atoms with E-state index >= 15 is 0 Å². The fraction of sp³-hybridized carbons (Fsp3) is 0.0690. The number of carbonyl (C=O) groups is 2. The summed E-state index contributed by atoms with van der Waals surface area (Å²) in [6.45, 7) is 0. The van der Waals surface area contributed by atoms with Crippen LogP contribution in [0.2, 0.25) is 0 Å². The molecular formula is C29H18N2O2. The van der Waals surface area contributed by atoms with Gasteiger partial charge in [-0.05, 0) is 69.1 Å². The number of imide groups is 1. The van der Waals surface area contributed by atoms with E-state index in [4.69, 9.17) is 0 Å². The second kappa shape index (κ2) is 6.59. The summed E-state index contributed by atoms with van der Waals surface area (Å²) in [5, 5.41) is 11.6. The van der Waals surface area contributed by atoms with E-state index in [9.17, 15) is 9.59 Å². The van der Waals surface area contributed by atoms with Gasteiger partial charge in [-0.2, -0.15) is 10.1 Å². The molecule has 5 aromatic rings. The molecule has 0 aromatic heterocycles. The van der Waals surface area contributed by atoms with Gasteiger partial charge in [0.2, 0.25) is 0 Å². The highest BCUT2D eigenvalue weighted by atomic mass is 16.2. The SMILES string of the molecule is O=C1c2ccc3c4c(ccc(c24)C(=O)N1N=Cc1c2ccccc2cc2ccccc12)CC3. The van der Waals surface area contributed by atoms with Gasteiger partial charge >= 0.3 is 0 Å². The number of amides is 2. The molecule has 0 saturated heterocycles. The number of aryl methyl sites for hydroxylation is 2. The lowest BCUT2D eigenvalue weighted by Gasteiger charge is -2.24. The van der Waals surface area contributed by atoms with Crippen LogP contribution in [0, 0.1) is 0 Å². The average Bonchev–Trinajstić information content (AvgIpc) is 3.28. The molecule has 0 bridgehead atoms. The molecule has 4 nitrogen and oxygen atoms in total. The summed E-state index contributed by atoms with van der Waals surface area (Å²) >= 11 is 0. The average molecular weight is 426 g/mol. The van der Waals surface area contributed by atoms with Crippen molar-refractivity contribution in [2.45, 2.75) is 12.8 Å². The third kappa shape index (κ3) is 2.49. The fourth-order valence-corrected chi connectivity index (χ4v) is 5.41. The lowest BCUT2D eigenvalue weighted by Crippen LogP contribution is -2.36. The minimum absolute atomic E-state index is 0.371. The van der Waals surface area contributed by atoms with E-state index in [2.05, 4.69) is 23.3 Å². The van der Waals surface area contributed by atoms with E-state index in [-0.39, 0.29) is 11.8 Å². The first-order chi connectivity index (χ1) is 16.2. The second-order valence-corrected chi connectivity index (χ2v) is 8.69. The van der Waals surface area contributed by atoms with Crippen molar-refractivity contribution in [3.63, 3.8) is 0 Å². The molecule has 0 saturated carbocycles. The second-order valence-electron chi connectivity index (χ2n) is 8.69. The van der Waals surface area contributed by atoms with Crippen LogP contribution in [-0.2, 0) is 12.8 Å². The lowest BCUT2D eigenvalue weighted by molar-refractivity contribution is 0.0616. The van der Waals surface area contributed by atoms with Crippen molar-refractivity contribution in [2.75, 3.05) is 0 Å². The van der Waals surface area contributed by atoms with Crippen molar-refractivity contribution < 1.29 is 9.59 Å². The van der Waals surface area contributed by atoms with Gasteiger partial charge in [-0.25, -0.2) is 0 Å². The summed E-state index contributed by atoms with van der Waals surface area (Å²) in [5.41, 5.74) is 4.42. The van der Waals surface area contributed by atoms with Gasteiger partial charge in [0.25, 0.3) is 11.8 Å². The molecule has 4 heteroatoms. The zero-order valence-corrected chi connectivity index (χ0v) is 17.7. The number of benzene rings is 5. The van der Waals surface area contributed by atoms with E-state index in [1.807, 2.05) is 60.7 Å². The van der Waals surface area contributed by atoms with Gasteiger partial charge in [0, 0.05) is 10.9 Å². The fourth-order valence-electron chi connectivity index (χ4n) is 5.41. The maximum Gasteiger partial charge on any atom is 0.282 e. The van der Waals surface area contributed by atoms with Gasteiger partial charge in [-0.3, -0.25) is 9.59 Å². The number of hydrogen-bond donors (Lipinski definition) is 0. The Labute approximate surface area is 189 Å². The van der Waals surface area contributed by atoms with Crippen molar-refractivity contribution in [1.82, 2.24) is 5.01 Å². The smallest absolute Gasteiger partial charge is 0.267 e. The summed E-state index contributed by atoms with van der Waals surface area (Å²) < 4.78 is 0. The zero-order chi connectivity index (χ0) is 22.1. The molecule has 156 valence electrons. The first-order valence-corrected chi connectivity index (χ1v) is 11.1. The molecule has 0 radical (unpaired) electrons. The Morgan fingerprint density at radius 2 is 1.21 bits per heavy atom. The van der Waals surface area contributed by atoms with Gasteiger partial charge in [-0.1, -0.05) is 60.7 Å². The predicted molar refractivity (Wildman–Crippen MR) is 131 cm³/mol. The van der Waals surface area contributed by atoms with Crippen molar-refractivity contribution >= 4 is 50.3 Å². The van der Waals surface area contributed by atoms with Gasteiger partial charge < -0.3 is 0 Å². The van der Waals surface area contributed by atoms with Crippen molar-refractivity contribution in [1.29, 1.82) is 0 Å². The molecule has 0 N–H and O–H groups in total. The maximum absolute atomic E-state index is 13.4. The largest absolute Gasteiger partial charge is 0.282 e. The van der Waals surface area contributed by atoms with E-state index in [1.165, 1.54) is 11.1 Å². The molecule has 7 rings (SSSR count). The van der Waals surface area contributed by atoms with Gasteiger partial charge in [-0.15, -0.1) is 0 Å². The summed E-state index contributed by atoms with van der Waals surface area (Å²) in [7, 11) is 0. The summed E-state index contributed by atoms with van der Waals surface area (Å²) in [6.07, 6.45) is 3.56. The molecule has 2 aliphatic rings. The number of carbonyl (C=O) groups excluding carboxylic acids is 2. The molecule has 0 atom stereocenters. The lowest BCUT2D eigenvalue weighted by atomic mass is 9.92. The Hall–Kier alpha value is -4.31. The minimum Gasteiger partial charge on any atom is -0.267 e. The standard InChI is InChI=1S/C29H18N2O2/c32-28-23-13-11-17-9-10-18-12-14-24(27(23)26(17)18)29(33)31(28)30-16-25-21-7-3-1-5-19(21)15-20-6-2-4-8-22(20)25/h1-8,11-16H,9-10H2. The van der Waals surface area contributed by atoms with Crippen LogP contribution in [0.15, 0.2) is 84.0 Å². The third-order valence-electron chi connectivity index (χ3n) is 6.96. The van der Waals surface area contributed by atoms with Crippen LogP contribution in [0.25, 0.3) is 32.3 Å². The Bertz CT molecular complexity index is 1600. The topological polar surface area (TPSA) is 49.7 Å². The molecule has 0 spiro atoms.